The van der Waals surface area contributed by atoms with Crippen molar-refractivity contribution in [3.8, 4) is 0 Å². The molecule has 1 aromatic carbocycles. The first-order chi connectivity index (χ1) is 7.50. The molecule has 0 amide bonds. The Hall–Kier alpha value is -1.77. The molecule has 0 unspecified atom stereocenters. The lowest BCUT2D eigenvalue weighted by molar-refractivity contribution is -0.112. The largest absolute Gasteiger partial charge is 0.317 e. The quantitative estimate of drug-likeness (QED) is 0.603. The molecule has 0 aliphatic heterocycles. The fourth-order valence-corrected chi connectivity index (χ4v) is 1.28. The molecule has 0 spiro atoms. The lowest BCUT2D eigenvalue weighted by Gasteiger charge is -2.03. The Morgan fingerprint density at radius 3 is 2.38 bits per heavy atom. The van der Waals surface area contributed by atoms with E-state index in [4.69, 9.17) is 5.41 Å². The van der Waals surface area contributed by atoms with Gasteiger partial charge < -0.3 is 5.41 Å². The fraction of sp³-hybridized carbons (Fsp3) is 0.231. The lowest BCUT2D eigenvalue weighted by Crippen LogP contribution is -1.89. The molecule has 2 nitrogen and oxygen atoms in total. The summed E-state index contributed by atoms with van der Waals surface area (Å²) in [6, 6.07) is 4.84. The van der Waals surface area contributed by atoms with Crippen LogP contribution in [0.5, 0.6) is 0 Å². The van der Waals surface area contributed by atoms with Crippen molar-refractivity contribution < 1.29 is 9.18 Å². The van der Waals surface area contributed by atoms with Crippen LogP contribution in [0.15, 0.2) is 24.3 Å². The molecule has 0 radical (unpaired) electrons. The summed E-state index contributed by atoms with van der Waals surface area (Å²) in [6.45, 7) is 7.55. The van der Waals surface area contributed by atoms with Crippen LogP contribution in [0.4, 0.5) is 4.39 Å². The van der Waals surface area contributed by atoms with Crippen molar-refractivity contribution in [2.24, 2.45) is 0 Å². The third-order valence-electron chi connectivity index (χ3n) is 2.03. The molecule has 0 aromatic heterocycles. The second kappa shape index (κ2) is 6.67. The summed E-state index contributed by atoms with van der Waals surface area (Å²) < 4.78 is 12.9. The monoisotopic (exact) mass is 221 g/mol. The van der Waals surface area contributed by atoms with Crippen LogP contribution in [0.3, 0.4) is 0 Å². The predicted molar refractivity (Wildman–Crippen MR) is 65.3 cm³/mol. The summed E-state index contributed by atoms with van der Waals surface area (Å²) in [4.78, 5) is 10.8. The molecule has 0 saturated carbocycles. The van der Waals surface area contributed by atoms with Crippen molar-refractivity contribution in [2.75, 3.05) is 0 Å². The minimum atomic E-state index is -0.218. The molecule has 0 aliphatic carbocycles. The number of carbonyl (C=O) groups is 1. The highest BCUT2D eigenvalue weighted by molar-refractivity contribution is 5.94. The van der Waals surface area contributed by atoms with Gasteiger partial charge in [-0.25, -0.2) is 4.39 Å². The second-order valence-corrected chi connectivity index (χ2v) is 3.40. The number of nitrogens with one attached hydrogen (secondary N) is 1. The van der Waals surface area contributed by atoms with Gasteiger partial charge in [0.1, 0.15) is 5.82 Å². The van der Waals surface area contributed by atoms with Crippen molar-refractivity contribution in [3.63, 3.8) is 0 Å². The summed E-state index contributed by atoms with van der Waals surface area (Å²) in [5.74, 6) is -0.214. The standard InChI is InChI=1S/C12H13FO.CH3N/c1-8(6-10(3)14)11-4-5-12(13)9(2)7-11;1-2/h4-7H,1-3H3;2H,1H2/b8-6+;. The van der Waals surface area contributed by atoms with Crippen LogP contribution in [-0.4, -0.2) is 12.5 Å². The van der Waals surface area contributed by atoms with Gasteiger partial charge in [-0.1, -0.05) is 6.07 Å². The molecule has 0 saturated heterocycles. The van der Waals surface area contributed by atoms with Gasteiger partial charge in [0, 0.05) is 0 Å². The maximum atomic E-state index is 12.9. The van der Waals surface area contributed by atoms with Gasteiger partial charge in [-0.3, -0.25) is 4.79 Å². The Morgan fingerprint density at radius 2 is 1.94 bits per heavy atom. The average Bonchev–Trinajstić information content (AvgIpc) is 2.24. The van der Waals surface area contributed by atoms with Gasteiger partial charge in [-0.2, -0.15) is 0 Å². The third kappa shape index (κ3) is 4.17. The Morgan fingerprint density at radius 1 is 1.38 bits per heavy atom. The number of rotatable bonds is 2. The van der Waals surface area contributed by atoms with Crippen molar-refractivity contribution in [2.45, 2.75) is 20.8 Å². The van der Waals surface area contributed by atoms with Gasteiger partial charge in [0.05, 0.1) is 0 Å². The number of benzene rings is 1. The lowest BCUT2D eigenvalue weighted by atomic mass is 10.0. The number of halogens is 1. The maximum absolute atomic E-state index is 12.9. The van der Waals surface area contributed by atoms with Crippen molar-refractivity contribution in [1.82, 2.24) is 0 Å². The first-order valence-electron chi connectivity index (χ1n) is 4.81. The number of hydrogen-bond acceptors (Lipinski definition) is 2. The van der Waals surface area contributed by atoms with Gasteiger partial charge in [0.2, 0.25) is 0 Å². The minimum absolute atomic E-state index is 0.00415. The smallest absolute Gasteiger partial charge is 0.152 e. The highest BCUT2D eigenvalue weighted by Crippen LogP contribution is 2.17. The predicted octanol–water partition coefficient (Wildman–Crippen LogP) is 3.39. The molecule has 1 aromatic rings. The van der Waals surface area contributed by atoms with Crippen LogP contribution in [0, 0.1) is 18.2 Å². The molecule has 0 fully saturated rings. The normalized spacial score (nSPS) is 10.4. The van der Waals surface area contributed by atoms with Gasteiger partial charge in [0.25, 0.3) is 0 Å². The van der Waals surface area contributed by atoms with Crippen LogP contribution >= 0.6 is 0 Å². The number of ketones is 1. The molecular weight excluding hydrogens is 205 g/mol. The highest BCUT2D eigenvalue weighted by Gasteiger charge is 2.01. The number of hydrogen-bond donors (Lipinski definition) is 1. The minimum Gasteiger partial charge on any atom is -0.317 e. The number of carbonyl (C=O) groups excluding carboxylic acids is 1. The van der Waals surface area contributed by atoms with E-state index >= 15 is 0 Å². The molecule has 3 heteroatoms. The van der Waals surface area contributed by atoms with E-state index in [2.05, 4.69) is 6.72 Å². The highest BCUT2D eigenvalue weighted by atomic mass is 19.1. The molecule has 1 N–H and O–H groups in total. The summed E-state index contributed by atoms with van der Waals surface area (Å²) in [5.41, 5.74) is 2.35. The van der Waals surface area contributed by atoms with Gasteiger partial charge in [0.15, 0.2) is 5.78 Å². The third-order valence-corrected chi connectivity index (χ3v) is 2.03. The Kier molecular flexibility index (Phi) is 5.93. The van der Waals surface area contributed by atoms with E-state index in [1.165, 1.54) is 13.0 Å². The number of aryl methyl sites for hydroxylation is 1. The average molecular weight is 221 g/mol. The molecule has 0 heterocycles. The zero-order valence-electron chi connectivity index (χ0n) is 9.80. The van der Waals surface area contributed by atoms with E-state index in [1.54, 1.807) is 25.1 Å². The van der Waals surface area contributed by atoms with E-state index in [0.29, 0.717) is 5.56 Å². The zero-order chi connectivity index (χ0) is 12.7. The van der Waals surface area contributed by atoms with Crippen molar-refractivity contribution >= 4 is 18.1 Å². The zero-order valence-corrected chi connectivity index (χ0v) is 9.80. The van der Waals surface area contributed by atoms with Crippen LogP contribution in [0.1, 0.15) is 25.0 Å². The van der Waals surface area contributed by atoms with E-state index in [-0.39, 0.29) is 11.6 Å². The second-order valence-electron chi connectivity index (χ2n) is 3.40. The first kappa shape index (κ1) is 14.2. The Bertz CT molecular complexity index is 410. The topological polar surface area (TPSA) is 40.9 Å². The van der Waals surface area contributed by atoms with E-state index in [9.17, 15) is 9.18 Å². The molecule has 0 bridgehead atoms. The fourth-order valence-electron chi connectivity index (χ4n) is 1.28. The summed E-state index contributed by atoms with van der Waals surface area (Å²) in [6.07, 6.45) is 1.55. The van der Waals surface area contributed by atoms with Gasteiger partial charge in [-0.05, 0) is 62.4 Å². The molecule has 0 atom stereocenters. The van der Waals surface area contributed by atoms with Crippen LogP contribution < -0.4 is 0 Å². The van der Waals surface area contributed by atoms with Gasteiger partial charge >= 0.3 is 0 Å². The van der Waals surface area contributed by atoms with Crippen LogP contribution in [0.25, 0.3) is 5.57 Å². The van der Waals surface area contributed by atoms with Crippen molar-refractivity contribution in [3.05, 3.63) is 41.2 Å². The molecule has 16 heavy (non-hydrogen) atoms. The number of allylic oxidation sites excluding steroid dienone is 2. The first-order valence-corrected chi connectivity index (χ1v) is 4.81. The molecule has 0 aliphatic rings. The molecule has 1 rings (SSSR count). The van der Waals surface area contributed by atoms with Crippen LogP contribution in [-0.2, 0) is 4.79 Å². The van der Waals surface area contributed by atoms with Crippen LogP contribution in [0.2, 0.25) is 0 Å². The summed E-state index contributed by atoms with van der Waals surface area (Å²) in [7, 11) is 0. The van der Waals surface area contributed by atoms with Crippen molar-refractivity contribution in [1.29, 1.82) is 5.41 Å². The Labute approximate surface area is 95.3 Å². The molecule has 86 valence electrons. The maximum Gasteiger partial charge on any atom is 0.152 e. The van der Waals surface area contributed by atoms with E-state index in [0.717, 1.165) is 11.1 Å². The molecular formula is C13H16FNO. The van der Waals surface area contributed by atoms with E-state index in [1.807, 2.05) is 6.92 Å². The summed E-state index contributed by atoms with van der Waals surface area (Å²) >= 11 is 0. The summed E-state index contributed by atoms with van der Waals surface area (Å²) in [5, 5.41) is 5.50. The SMILES string of the molecule is C=N.CC(=O)/C=C(\C)c1ccc(F)c(C)c1. The van der Waals surface area contributed by atoms with E-state index < -0.39 is 0 Å². The Balaban J connectivity index is 0.00000106. The van der Waals surface area contributed by atoms with Gasteiger partial charge in [-0.15, -0.1) is 0 Å².